The normalized spacial score (nSPS) is 15.4. The highest BCUT2D eigenvalue weighted by Gasteiger charge is 2.20. The van der Waals surface area contributed by atoms with Crippen LogP contribution in [0.25, 0.3) is 0 Å². The maximum absolute atomic E-state index is 12.0. The minimum Gasteiger partial charge on any atom is -0.462 e. The maximum atomic E-state index is 12.0. The SMILES string of the molecule is CCOC(=O)c1cncn(CC2CCC2)c1=O. The van der Waals surface area contributed by atoms with E-state index in [1.165, 1.54) is 23.5 Å². The smallest absolute Gasteiger partial charge is 0.345 e. The minimum atomic E-state index is -0.590. The predicted octanol–water partition coefficient (Wildman–Crippen LogP) is 1.22. The van der Waals surface area contributed by atoms with Crippen molar-refractivity contribution < 1.29 is 9.53 Å². The molecule has 0 bridgehead atoms. The number of ether oxygens (including phenoxy) is 1. The van der Waals surface area contributed by atoms with Crippen LogP contribution in [-0.4, -0.2) is 22.1 Å². The summed E-state index contributed by atoms with van der Waals surface area (Å²) in [5.41, 5.74) is -0.279. The molecule has 17 heavy (non-hydrogen) atoms. The second-order valence-corrected chi connectivity index (χ2v) is 4.28. The lowest BCUT2D eigenvalue weighted by Gasteiger charge is -2.25. The zero-order valence-corrected chi connectivity index (χ0v) is 9.89. The molecule has 0 unspecified atom stereocenters. The average Bonchev–Trinajstić information content (AvgIpc) is 2.25. The number of rotatable bonds is 4. The standard InChI is InChI=1S/C12H16N2O3/c1-2-17-12(16)10-6-13-8-14(11(10)15)7-9-4-3-5-9/h6,8-9H,2-5,7H2,1H3. The average molecular weight is 236 g/mol. The molecule has 1 aromatic rings. The molecule has 0 radical (unpaired) electrons. The van der Waals surface area contributed by atoms with E-state index in [1.54, 1.807) is 6.92 Å². The van der Waals surface area contributed by atoms with Crippen LogP contribution in [0.3, 0.4) is 0 Å². The van der Waals surface area contributed by atoms with Crippen LogP contribution in [0.2, 0.25) is 0 Å². The third-order valence-corrected chi connectivity index (χ3v) is 3.08. The van der Waals surface area contributed by atoms with Gasteiger partial charge in [0.1, 0.15) is 5.56 Å². The first-order valence-electron chi connectivity index (χ1n) is 5.94. The Balaban J connectivity index is 2.20. The van der Waals surface area contributed by atoms with E-state index in [0.717, 1.165) is 12.8 Å². The molecule has 5 heteroatoms. The molecule has 0 N–H and O–H groups in total. The molecule has 5 nitrogen and oxygen atoms in total. The monoisotopic (exact) mass is 236 g/mol. The summed E-state index contributed by atoms with van der Waals surface area (Å²) in [6, 6.07) is 0. The highest BCUT2D eigenvalue weighted by atomic mass is 16.5. The van der Waals surface area contributed by atoms with Crippen molar-refractivity contribution in [3.63, 3.8) is 0 Å². The molecule has 1 heterocycles. The summed E-state index contributed by atoms with van der Waals surface area (Å²) < 4.78 is 6.33. The van der Waals surface area contributed by atoms with Crippen LogP contribution in [0.4, 0.5) is 0 Å². The molecule has 92 valence electrons. The van der Waals surface area contributed by atoms with Crippen molar-refractivity contribution in [3.05, 3.63) is 28.4 Å². The van der Waals surface area contributed by atoms with Crippen LogP contribution in [0.5, 0.6) is 0 Å². The molecule has 0 aromatic carbocycles. The molecule has 0 aliphatic heterocycles. The number of carbonyl (C=O) groups excluding carboxylic acids is 1. The number of carbonyl (C=O) groups is 1. The summed E-state index contributed by atoms with van der Waals surface area (Å²) in [5.74, 6) is -0.0418. The van der Waals surface area contributed by atoms with Gasteiger partial charge in [0.25, 0.3) is 5.56 Å². The fourth-order valence-electron chi connectivity index (χ4n) is 1.88. The molecule has 1 aromatic heterocycles. The summed E-state index contributed by atoms with van der Waals surface area (Å²) in [5, 5.41) is 0. The fourth-order valence-corrected chi connectivity index (χ4v) is 1.88. The molecule has 0 amide bonds. The maximum Gasteiger partial charge on any atom is 0.345 e. The quantitative estimate of drug-likeness (QED) is 0.737. The lowest BCUT2D eigenvalue weighted by molar-refractivity contribution is 0.0522. The van der Waals surface area contributed by atoms with Crippen LogP contribution in [0, 0.1) is 5.92 Å². The summed E-state index contributed by atoms with van der Waals surface area (Å²) in [6.07, 6.45) is 6.29. The van der Waals surface area contributed by atoms with Gasteiger partial charge < -0.3 is 4.74 Å². The van der Waals surface area contributed by atoms with Gasteiger partial charge in [-0.05, 0) is 25.7 Å². The van der Waals surface area contributed by atoms with E-state index in [1.807, 2.05) is 0 Å². The second kappa shape index (κ2) is 5.12. The van der Waals surface area contributed by atoms with Gasteiger partial charge in [0.15, 0.2) is 0 Å². The number of aromatic nitrogens is 2. The van der Waals surface area contributed by atoms with E-state index >= 15 is 0 Å². The molecule has 1 aliphatic carbocycles. The van der Waals surface area contributed by atoms with Gasteiger partial charge in [0, 0.05) is 12.7 Å². The van der Waals surface area contributed by atoms with E-state index in [2.05, 4.69) is 4.98 Å². The van der Waals surface area contributed by atoms with Gasteiger partial charge in [0.05, 0.1) is 12.9 Å². The zero-order chi connectivity index (χ0) is 12.3. The Morgan fingerprint density at radius 3 is 2.94 bits per heavy atom. The Morgan fingerprint density at radius 1 is 1.59 bits per heavy atom. The van der Waals surface area contributed by atoms with Gasteiger partial charge in [0.2, 0.25) is 0 Å². The van der Waals surface area contributed by atoms with Crippen molar-refractivity contribution in [1.29, 1.82) is 0 Å². The first-order chi connectivity index (χ1) is 8.22. The second-order valence-electron chi connectivity index (χ2n) is 4.28. The van der Waals surface area contributed by atoms with Gasteiger partial charge >= 0.3 is 5.97 Å². The molecule has 1 saturated carbocycles. The van der Waals surface area contributed by atoms with Gasteiger partial charge in [-0.25, -0.2) is 9.78 Å². The highest BCUT2D eigenvalue weighted by molar-refractivity contribution is 5.88. The Labute approximate surface area is 99.4 Å². The lowest BCUT2D eigenvalue weighted by Crippen LogP contribution is -2.31. The van der Waals surface area contributed by atoms with Crippen molar-refractivity contribution in [2.75, 3.05) is 6.61 Å². The topological polar surface area (TPSA) is 61.2 Å². The van der Waals surface area contributed by atoms with Crippen LogP contribution in [0.1, 0.15) is 36.5 Å². The van der Waals surface area contributed by atoms with Crippen LogP contribution in [-0.2, 0) is 11.3 Å². The molecular formula is C12H16N2O3. The minimum absolute atomic E-state index is 0.0219. The van der Waals surface area contributed by atoms with Crippen molar-refractivity contribution in [2.24, 2.45) is 5.92 Å². The summed E-state index contributed by atoms with van der Waals surface area (Å²) >= 11 is 0. The molecule has 1 fully saturated rings. The van der Waals surface area contributed by atoms with Crippen LogP contribution < -0.4 is 5.56 Å². The van der Waals surface area contributed by atoms with E-state index in [-0.39, 0.29) is 17.7 Å². The van der Waals surface area contributed by atoms with Crippen molar-refractivity contribution in [3.8, 4) is 0 Å². The van der Waals surface area contributed by atoms with Crippen LogP contribution in [0.15, 0.2) is 17.3 Å². The number of nitrogens with zero attached hydrogens (tertiary/aromatic N) is 2. The lowest BCUT2D eigenvalue weighted by atomic mass is 9.85. The zero-order valence-electron chi connectivity index (χ0n) is 9.89. The predicted molar refractivity (Wildman–Crippen MR) is 61.8 cm³/mol. The fraction of sp³-hybridized carbons (Fsp3) is 0.583. The number of hydrogen-bond donors (Lipinski definition) is 0. The Kier molecular flexibility index (Phi) is 3.56. The van der Waals surface area contributed by atoms with Gasteiger partial charge in [-0.15, -0.1) is 0 Å². The van der Waals surface area contributed by atoms with E-state index in [4.69, 9.17) is 4.74 Å². The van der Waals surface area contributed by atoms with Crippen LogP contribution >= 0.6 is 0 Å². The highest BCUT2D eigenvalue weighted by Crippen LogP contribution is 2.27. The molecule has 0 saturated heterocycles. The van der Waals surface area contributed by atoms with E-state index < -0.39 is 5.97 Å². The third kappa shape index (κ3) is 2.54. The summed E-state index contributed by atoms with van der Waals surface area (Å²) in [4.78, 5) is 27.4. The molecule has 1 aliphatic rings. The van der Waals surface area contributed by atoms with Gasteiger partial charge in [-0.3, -0.25) is 9.36 Å². The molecular weight excluding hydrogens is 220 g/mol. The Morgan fingerprint density at radius 2 is 2.35 bits per heavy atom. The summed E-state index contributed by atoms with van der Waals surface area (Å²) in [6.45, 7) is 2.62. The Bertz CT molecular complexity index is 463. The number of hydrogen-bond acceptors (Lipinski definition) is 4. The van der Waals surface area contributed by atoms with Gasteiger partial charge in [-0.2, -0.15) is 0 Å². The van der Waals surface area contributed by atoms with Crippen molar-refractivity contribution >= 4 is 5.97 Å². The first kappa shape index (κ1) is 11.8. The van der Waals surface area contributed by atoms with E-state index in [0.29, 0.717) is 12.5 Å². The third-order valence-electron chi connectivity index (χ3n) is 3.08. The molecule has 0 atom stereocenters. The Hall–Kier alpha value is -1.65. The van der Waals surface area contributed by atoms with Crippen molar-refractivity contribution in [2.45, 2.75) is 32.7 Å². The molecule has 0 spiro atoms. The van der Waals surface area contributed by atoms with E-state index in [9.17, 15) is 9.59 Å². The largest absolute Gasteiger partial charge is 0.462 e. The van der Waals surface area contributed by atoms with Gasteiger partial charge in [-0.1, -0.05) is 6.42 Å². The summed E-state index contributed by atoms with van der Waals surface area (Å²) in [7, 11) is 0. The number of esters is 1. The van der Waals surface area contributed by atoms with Crippen molar-refractivity contribution in [1.82, 2.24) is 9.55 Å². The first-order valence-corrected chi connectivity index (χ1v) is 5.94. The molecule has 2 rings (SSSR count).